The molecule has 0 amide bonds. The molecule has 0 aliphatic heterocycles. The number of hydrogen-bond acceptors (Lipinski definition) is 3. The number of aliphatic carboxylic acids is 1. The summed E-state index contributed by atoms with van der Waals surface area (Å²) in [7, 11) is 0. The Bertz CT molecular complexity index is 575. The van der Waals surface area contributed by atoms with Gasteiger partial charge in [0.15, 0.2) is 0 Å². The van der Waals surface area contributed by atoms with Crippen molar-refractivity contribution < 1.29 is 9.90 Å². The molecule has 5 heteroatoms. The molecule has 2 aromatic heterocycles. The SMILES string of the molecule is CC(C)(CCNCc1cccc2nccn12)C(=O)O. The Hall–Kier alpha value is -1.88. The minimum atomic E-state index is -0.758. The van der Waals surface area contributed by atoms with Crippen LogP contribution in [-0.2, 0) is 11.3 Å². The van der Waals surface area contributed by atoms with Crippen molar-refractivity contribution in [2.24, 2.45) is 5.41 Å². The van der Waals surface area contributed by atoms with E-state index in [4.69, 9.17) is 5.11 Å². The minimum Gasteiger partial charge on any atom is -0.481 e. The summed E-state index contributed by atoms with van der Waals surface area (Å²) in [5.74, 6) is -0.758. The molecule has 0 saturated heterocycles. The highest BCUT2D eigenvalue weighted by Gasteiger charge is 2.26. The molecule has 102 valence electrons. The van der Waals surface area contributed by atoms with Crippen molar-refractivity contribution in [2.45, 2.75) is 26.8 Å². The standard InChI is InChI=1S/C14H19N3O2/c1-14(2,13(18)19)6-7-15-10-11-4-3-5-12-16-8-9-17(11)12/h3-5,8-9,15H,6-7,10H2,1-2H3,(H,18,19). The van der Waals surface area contributed by atoms with Crippen molar-refractivity contribution in [3.05, 3.63) is 36.3 Å². The molecule has 0 bridgehead atoms. The van der Waals surface area contributed by atoms with Crippen LogP contribution in [0.25, 0.3) is 5.65 Å². The van der Waals surface area contributed by atoms with Crippen molar-refractivity contribution in [1.82, 2.24) is 14.7 Å². The number of carboxylic acid groups (broad SMARTS) is 1. The van der Waals surface area contributed by atoms with Gasteiger partial charge in [-0.25, -0.2) is 4.98 Å². The van der Waals surface area contributed by atoms with E-state index < -0.39 is 11.4 Å². The number of fused-ring (bicyclic) bond motifs is 1. The Balaban J connectivity index is 1.90. The molecule has 5 nitrogen and oxygen atoms in total. The van der Waals surface area contributed by atoms with Crippen LogP contribution < -0.4 is 5.32 Å². The second-order valence-corrected chi connectivity index (χ2v) is 5.29. The Morgan fingerprint density at radius 3 is 3.00 bits per heavy atom. The zero-order valence-electron chi connectivity index (χ0n) is 11.3. The van der Waals surface area contributed by atoms with Gasteiger partial charge in [-0.2, -0.15) is 0 Å². The fourth-order valence-electron chi connectivity index (χ4n) is 1.88. The molecular weight excluding hydrogens is 242 g/mol. The molecule has 0 radical (unpaired) electrons. The summed E-state index contributed by atoms with van der Waals surface area (Å²) in [5.41, 5.74) is 1.35. The average molecular weight is 261 g/mol. The number of pyridine rings is 1. The maximum Gasteiger partial charge on any atom is 0.309 e. The summed E-state index contributed by atoms with van der Waals surface area (Å²) in [6, 6.07) is 5.96. The van der Waals surface area contributed by atoms with Gasteiger partial charge in [0.2, 0.25) is 0 Å². The van der Waals surface area contributed by atoms with Gasteiger partial charge in [0.25, 0.3) is 0 Å². The van der Waals surface area contributed by atoms with Crippen LogP contribution in [0.1, 0.15) is 26.0 Å². The molecule has 2 N–H and O–H groups in total. The minimum absolute atomic E-state index is 0.599. The first-order chi connectivity index (χ1) is 9.00. The quantitative estimate of drug-likeness (QED) is 0.780. The van der Waals surface area contributed by atoms with Gasteiger partial charge in [0.05, 0.1) is 5.41 Å². The molecule has 0 aliphatic carbocycles. The average Bonchev–Trinajstić information content (AvgIpc) is 2.83. The molecule has 0 fully saturated rings. The van der Waals surface area contributed by atoms with E-state index in [1.807, 2.05) is 28.8 Å². The number of aromatic nitrogens is 2. The lowest BCUT2D eigenvalue weighted by Crippen LogP contribution is -2.29. The summed E-state index contributed by atoms with van der Waals surface area (Å²) in [4.78, 5) is 15.2. The third kappa shape index (κ3) is 3.12. The first kappa shape index (κ1) is 13.5. The molecular formula is C14H19N3O2. The smallest absolute Gasteiger partial charge is 0.309 e. The molecule has 2 aromatic rings. The summed E-state index contributed by atoms with van der Waals surface area (Å²) in [5, 5.41) is 12.3. The number of nitrogens with one attached hydrogen (secondary N) is 1. The van der Waals surface area contributed by atoms with E-state index in [9.17, 15) is 4.79 Å². The molecule has 19 heavy (non-hydrogen) atoms. The van der Waals surface area contributed by atoms with Crippen molar-refractivity contribution in [1.29, 1.82) is 0 Å². The van der Waals surface area contributed by atoms with Gasteiger partial charge in [-0.15, -0.1) is 0 Å². The van der Waals surface area contributed by atoms with Gasteiger partial charge in [0, 0.05) is 24.6 Å². The van der Waals surface area contributed by atoms with E-state index in [1.54, 1.807) is 20.0 Å². The summed E-state index contributed by atoms with van der Waals surface area (Å²) in [6.07, 6.45) is 4.29. The molecule has 0 unspecified atom stereocenters. The second-order valence-electron chi connectivity index (χ2n) is 5.29. The van der Waals surface area contributed by atoms with E-state index in [0.29, 0.717) is 19.5 Å². The zero-order valence-corrected chi connectivity index (χ0v) is 11.3. The third-order valence-electron chi connectivity index (χ3n) is 3.32. The van der Waals surface area contributed by atoms with Crippen molar-refractivity contribution >= 4 is 11.6 Å². The lowest BCUT2D eigenvalue weighted by molar-refractivity contribution is -0.147. The number of carbonyl (C=O) groups is 1. The normalized spacial score (nSPS) is 11.9. The lowest BCUT2D eigenvalue weighted by Gasteiger charge is -2.19. The number of imidazole rings is 1. The Morgan fingerprint density at radius 2 is 2.26 bits per heavy atom. The van der Waals surface area contributed by atoms with E-state index in [1.165, 1.54) is 0 Å². The summed E-state index contributed by atoms with van der Waals surface area (Å²) < 4.78 is 2.02. The van der Waals surface area contributed by atoms with Gasteiger partial charge >= 0.3 is 5.97 Å². The van der Waals surface area contributed by atoms with Crippen LogP contribution >= 0.6 is 0 Å². The van der Waals surface area contributed by atoms with Crippen molar-refractivity contribution in [2.75, 3.05) is 6.54 Å². The van der Waals surface area contributed by atoms with E-state index in [2.05, 4.69) is 10.3 Å². The second kappa shape index (κ2) is 5.40. The third-order valence-corrected chi connectivity index (χ3v) is 3.32. The van der Waals surface area contributed by atoms with Gasteiger partial charge in [-0.05, 0) is 38.9 Å². The predicted molar refractivity (Wildman–Crippen MR) is 72.9 cm³/mol. The predicted octanol–water partition coefficient (Wildman–Crippen LogP) is 1.92. The first-order valence-corrected chi connectivity index (χ1v) is 6.36. The number of carboxylic acids is 1. The van der Waals surface area contributed by atoms with Crippen LogP contribution in [0.2, 0.25) is 0 Å². The Kier molecular flexibility index (Phi) is 3.85. The van der Waals surface area contributed by atoms with Crippen LogP contribution in [0, 0.1) is 5.41 Å². The van der Waals surface area contributed by atoms with Crippen LogP contribution in [-0.4, -0.2) is 27.0 Å². The topological polar surface area (TPSA) is 66.6 Å². The lowest BCUT2D eigenvalue weighted by atomic mass is 9.90. The fraction of sp³-hybridized carbons (Fsp3) is 0.429. The maximum atomic E-state index is 11.0. The molecule has 2 heterocycles. The highest BCUT2D eigenvalue weighted by atomic mass is 16.4. The van der Waals surface area contributed by atoms with Crippen molar-refractivity contribution in [3.8, 4) is 0 Å². The molecule has 0 atom stereocenters. The van der Waals surface area contributed by atoms with Crippen LogP contribution in [0.15, 0.2) is 30.6 Å². The maximum absolute atomic E-state index is 11.0. The fourth-order valence-corrected chi connectivity index (χ4v) is 1.88. The summed E-state index contributed by atoms with van der Waals surface area (Å²) in [6.45, 7) is 4.86. The van der Waals surface area contributed by atoms with Crippen LogP contribution in [0.4, 0.5) is 0 Å². The Morgan fingerprint density at radius 1 is 1.47 bits per heavy atom. The van der Waals surface area contributed by atoms with Crippen molar-refractivity contribution in [3.63, 3.8) is 0 Å². The zero-order chi connectivity index (χ0) is 13.9. The van der Waals surface area contributed by atoms with E-state index in [-0.39, 0.29) is 0 Å². The highest BCUT2D eigenvalue weighted by Crippen LogP contribution is 2.19. The number of nitrogens with zero attached hydrogens (tertiary/aromatic N) is 2. The molecule has 0 aliphatic rings. The van der Waals surface area contributed by atoms with Gasteiger partial charge < -0.3 is 14.8 Å². The van der Waals surface area contributed by atoms with E-state index >= 15 is 0 Å². The molecule has 0 spiro atoms. The van der Waals surface area contributed by atoms with Crippen LogP contribution in [0.3, 0.4) is 0 Å². The first-order valence-electron chi connectivity index (χ1n) is 6.36. The highest BCUT2D eigenvalue weighted by molar-refractivity contribution is 5.73. The Labute approximate surface area is 112 Å². The molecule has 2 rings (SSSR count). The monoisotopic (exact) mass is 261 g/mol. The van der Waals surface area contributed by atoms with Gasteiger partial charge in [-0.3, -0.25) is 4.79 Å². The van der Waals surface area contributed by atoms with Crippen LogP contribution in [0.5, 0.6) is 0 Å². The summed E-state index contributed by atoms with van der Waals surface area (Å²) >= 11 is 0. The van der Waals surface area contributed by atoms with E-state index in [0.717, 1.165) is 11.3 Å². The number of rotatable bonds is 6. The van der Waals surface area contributed by atoms with Gasteiger partial charge in [-0.1, -0.05) is 6.07 Å². The molecule has 0 aromatic carbocycles. The molecule has 0 saturated carbocycles. The van der Waals surface area contributed by atoms with Gasteiger partial charge in [0.1, 0.15) is 5.65 Å². The number of hydrogen-bond donors (Lipinski definition) is 2. The largest absolute Gasteiger partial charge is 0.481 e.